The number of furan rings is 1. The Bertz CT molecular complexity index is 449. The van der Waals surface area contributed by atoms with E-state index < -0.39 is 6.10 Å². The van der Waals surface area contributed by atoms with Crippen LogP contribution in [0.5, 0.6) is 0 Å². The lowest BCUT2D eigenvalue weighted by atomic mass is 10.0. The van der Waals surface area contributed by atoms with Gasteiger partial charge in [-0.1, -0.05) is 29.8 Å². The van der Waals surface area contributed by atoms with Crippen LogP contribution in [0, 0.1) is 6.92 Å². The van der Waals surface area contributed by atoms with Crippen LogP contribution in [0.4, 0.5) is 0 Å². The van der Waals surface area contributed by atoms with Crippen LogP contribution in [-0.4, -0.2) is 5.11 Å². The van der Waals surface area contributed by atoms with Crippen LogP contribution >= 0.6 is 11.6 Å². The van der Waals surface area contributed by atoms with Crippen molar-refractivity contribution in [1.29, 1.82) is 0 Å². The minimum atomic E-state index is -0.799. The molecule has 0 spiro atoms. The molecule has 3 heteroatoms. The van der Waals surface area contributed by atoms with E-state index >= 15 is 0 Å². The summed E-state index contributed by atoms with van der Waals surface area (Å²) in [4.78, 5) is 0. The third-order valence-electron chi connectivity index (χ3n) is 2.33. The summed E-state index contributed by atoms with van der Waals surface area (Å²) in [6.45, 7) is 1.90. The number of rotatable bonds is 2. The third-order valence-corrected chi connectivity index (χ3v) is 2.85. The molecule has 0 radical (unpaired) electrons. The van der Waals surface area contributed by atoms with E-state index in [1.54, 1.807) is 18.2 Å². The summed E-state index contributed by atoms with van der Waals surface area (Å²) in [6, 6.07) is 9.03. The molecule has 0 saturated heterocycles. The van der Waals surface area contributed by atoms with Gasteiger partial charge in [0.15, 0.2) is 0 Å². The molecular weight excluding hydrogens is 212 g/mol. The average Bonchev–Trinajstić information content (AvgIpc) is 2.74. The predicted molar refractivity (Wildman–Crippen MR) is 59.0 cm³/mol. The zero-order valence-corrected chi connectivity index (χ0v) is 9.03. The molecule has 1 aromatic heterocycles. The van der Waals surface area contributed by atoms with Crippen molar-refractivity contribution < 1.29 is 9.52 Å². The number of benzene rings is 1. The molecule has 2 nitrogen and oxygen atoms in total. The molecular formula is C12H11ClO2. The topological polar surface area (TPSA) is 33.4 Å². The number of halogens is 1. The number of hydrogen-bond acceptors (Lipinski definition) is 2. The van der Waals surface area contributed by atoms with E-state index in [-0.39, 0.29) is 0 Å². The quantitative estimate of drug-likeness (QED) is 0.846. The van der Waals surface area contributed by atoms with Crippen molar-refractivity contribution in [2.45, 2.75) is 13.0 Å². The van der Waals surface area contributed by atoms with Crippen molar-refractivity contribution in [2.75, 3.05) is 0 Å². The Morgan fingerprint density at radius 1 is 1.27 bits per heavy atom. The Hall–Kier alpha value is -1.25. The van der Waals surface area contributed by atoms with Gasteiger partial charge in [0.1, 0.15) is 11.9 Å². The van der Waals surface area contributed by atoms with Gasteiger partial charge in [-0.2, -0.15) is 0 Å². The largest absolute Gasteiger partial charge is 0.466 e. The lowest BCUT2D eigenvalue weighted by Crippen LogP contribution is -1.99. The molecule has 2 aromatic rings. The SMILES string of the molecule is Cc1cccc(C(O)c2ccco2)c1Cl. The van der Waals surface area contributed by atoms with Gasteiger partial charge in [0.2, 0.25) is 0 Å². The Morgan fingerprint density at radius 3 is 2.73 bits per heavy atom. The van der Waals surface area contributed by atoms with Crippen LogP contribution in [-0.2, 0) is 0 Å². The molecule has 1 unspecified atom stereocenters. The number of aliphatic hydroxyl groups is 1. The first kappa shape index (κ1) is 10.3. The minimum absolute atomic E-state index is 0.502. The molecule has 0 aliphatic rings. The molecule has 1 heterocycles. The molecule has 15 heavy (non-hydrogen) atoms. The van der Waals surface area contributed by atoms with Crippen LogP contribution in [0.2, 0.25) is 5.02 Å². The highest BCUT2D eigenvalue weighted by atomic mass is 35.5. The second-order valence-corrected chi connectivity index (χ2v) is 3.77. The molecule has 1 N–H and O–H groups in total. The summed E-state index contributed by atoms with van der Waals surface area (Å²) >= 11 is 6.10. The van der Waals surface area contributed by atoms with Gasteiger partial charge in [0, 0.05) is 10.6 Å². The van der Waals surface area contributed by atoms with Crippen molar-refractivity contribution in [1.82, 2.24) is 0 Å². The Balaban J connectivity index is 2.42. The van der Waals surface area contributed by atoms with E-state index in [0.717, 1.165) is 5.56 Å². The van der Waals surface area contributed by atoms with Gasteiger partial charge in [-0.05, 0) is 24.6 Å². The number of aryl methyl sites for hydroxylation is 1. The first-order valence-corrected chi connectivity index (χ1v) is 5.04. The highest BCUT2D eigenvalue weighted by Gasteiger charge is 2.16. The summed E-state index contributed by atoms with van der Waals surface area (Å²) in [5.74, 6) is 0.502. The molecule has 2 rings (SSSR count). The minimum Gasteiger partial charge on any atom is -0.466 e. The highest BCUT2D eigenvalue weighted by Crippen LogP contribution is 2.30. The molecule has 78 valence electrons. The molecule has 0 aliphatic heterocycles. The van der Waals surface area contributed by atoms with Gasteiger partial charge in [-0.15, -0.1) is 0 Å². The Labute approximate surface area is 93.1 Å². The average molecular weight is 223 g/mol. The van der Waals surface area contributed by atoms with Gasteiger partial charge < -0.3 is 9.52 Å². The van der Waals surface area contributed by atoms with Crippen LogP contribution in [0.3, 0.4) is 0 Å². The Morgan fingerprint density at radius 2 is 2.07 bits per heavy atom. The monoisotopic (exact) mass is 222 g/mol. The first-order valence-electron chi connectivity index (χ1n) is 4.66. The maximum absolute atomic E-state index is 10.0. The van der Waals surface area contributed by atoms with Gasteiger partial charge in [0.05, 0.1) is 6.26 Å². The zero-order chi connectivity index (χ0) is 10.8. The van der Waals surface area contributed by atoms with Crippen LogP contribution in [0.15, 0.2) is 41.0 Å². The van der Waals surface area contributed by atoms with Crippen molar-refractivity contribution in [2.24, 2.45) is 0 Å². The van der Waals surface area contributed by atoms with Crippen molar-refractivity contribution in [3.63, 3.8) is 0 Å². The Kier molecular flexibility index (Phi) is 2.80. The normalized spacial score (nSPS) is 12.7. The van der Waals surface area contributed by atoms with E-state index in [9.17, 15) is 5.11 Å². The van der Waals surface area contributed by atoms with Crippen LogP contribution in [0.1, 0.15) is 23.0 Å². The van der Waals surface area contributed by atoms with E-state index in [2.05, 4.69) is 0 Å². The van der Waals surface area contributed by atoms with Gasteiger partial charge in [0.25, 0.3) is 0 Å². The maximum Gasteiger partial charge on any atom is 0.138 e. The molecule has 0 aliphatic carbocycles. The summed E-state index contributed by atoms with van der Waals surface area (Å²) in [7, 11) is 0. The van der Waals surface area contributed by atoms with Crippen molar-refractivity contribution >= 4 is 11.6 Å². The van der Waals surface area contributed by atoms with E-state index in [0.29, 0.717) is 16.3 Å². The fourth-order valence-electron chi connectivity index (χ4n) is 1.48. The fraction of sp³-hybridized carbons (Fsp3) is 0.167. The van der Waals surface area contributed by atoms with Gasteiger partial charge >= 0.3 is 0 Å². The van der Waals surface area contributed by atoms with Gasteiger partial charge in [-0.3, -0.25) is 0 Å². The maximum atomic E-state index is 10.0. The van der Waals surface area contributed by atoms with E-state index in [1.807, 2.05) is 19.1 Å². The number of hydrogen-bond donors (Lipinski definition) is 1. The zero-order valence-electron chi connectivity index (χ0n) is 8.27. The summed E-state index contributed by atoms with van der Waals surface area (Å²) in [6.07, 6.45) is 0.731. The molecule has 1 aromatic carbocycles. The summed E-state index contributed by atoms with van der Waals surface area (Å²) in [5.41, 5.74) is 1.62. The summed E-state index contributed by atoms with van der Waals surface area (Å²) < 4.78 is 5.14. The molecule has 0 bridgehead atoms. The molecule has 0 amide bonds. The lowest BCUT2D eigenvalue weighted by Gasteiger charge is -2.11. The predicted octanol–water partition coefficient (Wildman–Crippen LogP) is 3.32. The van der Waals surface area contributed by atoms with Crippen LogP contribution in [0.25, 0.3) is 0 Å². The summed E-state index contributed by atoms with van der Waals surface area (Å²) in [5, 5.41) is 10.6. The molecule has 0 saturated carbocycles. The standard InChI is InChI=1S/C12H11ClO2/c1-8-4-2-5-9(11(8)13)12(14)10-6-3-7-15-10/h2-7,12,14H,1H3. The van der Waals surface area contributed by atoms with Crippen LogP contribution < -0.4 is 0 Å². The van der Waals surface area contributed by atoms with Crippen molar-refractivity contribution in [3.05, 3.63) is 58.5 Å². The fourth-order valence-corrected chi connectivity index (χ4v) is 1.71. The van der Waals surface area contributed by atoms with E-state index in [4.69, 9.17) is 16.0 Å². The van der Waals surface area contributed by atoms with E-state index in [1.165, 1.54) is 6.26 Å². The number of aliphatic hydroxyl groups excluding tert-OH is 1. The second kappa shape index (κ2) is 4.09. The van der Waals surface area contributed by atoms with Gasteiger partial charge in [-0.25, -0.2) is 0 Å². The lowest BCUT2D eigenvalue weighted by molar-refractivity contribution is 0.189. The molecule has 0 fully saturated rings. The van der Waals surface area contributed by atoms with Crippen molar-refractivity contribution in [3.8, 4) is 0 Å². The second-order valence-electron chi connectivity index (χ2n) is 3.40. The smallest absolute Gasteiger partial charge is 0.138 e. The third kappa shape index (κ3) is 1.91. The first-order chi connectivity index (χ1) is 7.20. The molecule has 1 atom stereocenters. The highest BCUT2D eigenvalue weighted by molar-refractivity contribution is 6.32.